The Balaban J connectivity index is 0.00000160. The van der Waals surface area contributed by atoms with Crippen molar-refractivity contribution in [1.82, 2.24) is 9.47 Å². The monoisotopic (exact) mass is 442 g/mol. The quantitative estimate of drug-likeness (QED) is 0.630. The summed E-state index contributed by atoms with van der Waals surface area (Å²) in [6.45, 7) is 2.03. The fourth-order valence-electron chi connectivity index (χ4n) is 3.90. The summed E-state index contributed by atoms with van der Waals surface area (Å²) in [7, 11) is 0. The predicted octanol–water partition coefficient (Wildman–Crippen LogP) is 2.22. The summed E-state index contributed by atoms with van der Waals surface area (Å²) in [5, 5.41) is 11.6. The maximum Gasteiger partial charge on any atom is 1.00 e. The first kappa shape index (κ1) is 22.3. The van der Waals surface area contributed by atoms with Crippen molar-refractivity contribution in [3.63, 3.8) is 0 Å². The van der Waals surface area contributed by atoms with Gasteiger partial charge in [-0.15, -0.1) is 0 Å². The Bertz CT molecular complexity index is 1030. The normalized spacial score (nSPS) is 13.5. The van der Waals surface area contributed by atoms with Gasteiger partial charge in [0.2, 0.25) is 0 Å². The maximum atomic E-state index is 11.4. The standard InChI is InChI=1S/C21H20Cl2N2O3.Na.H/c22-14-12-17-16-6-8-24(21(26)27)9-7-19(16)25(20(17)18(23)13-14)10-11-28-15-4-2-1-3-5-15;;/h1-5,12-13H,6-11H2,(H,26,27);;/q;+1;-1. The van der Waals surface area contributed by atoms with Gasteiger partial charge in [-0.05, 0) is 36.2 Å². The first-order valence-corrected chi connectivity index (χ1v) is 9.95. The molecule has 0 atom stereocenters. The van der Waals surface area contributed by atoms with E-state index in [1.807, 2.05) is 36.4 Å². The van der Waals surface area contributed by atoms with Crippen LogP contribution in [0, 0.1) is 0 Å². The van der Waals surface area contributed by atoms with Gasteiger partial charge in [0.1, 0.15) is 12.4 Å². The maximum absolute atomic E-state index is 11.4. The third-order valence-corrected chi connectivity index (χ3v) is 5.65. The third kappa shape index (κ3) is 4.70. The van der Waals surface area contributed by atoms with Crippen molar-refractivity contribution >= 4 is 40.2 Å². The second-order valence-electron chi connectivity index (χ2n) is 6.79. The van der Waals surface area contributed by atoms with Crippen molar-refractivity contribution in [2.75, 3.05) is 19.7 Å². The molecule has 29 heavy (non-hydrogen) atoms. The van der Waals surface area contributed by atoms with Crippen LogP contribution >= 0.6 is 23.2 Å². The Morgan fingerprint density at radius 3 is 2.59 bits per heavy atom. The van der Waals surface area contributed by atoms with E-state index in [2.05, 4.69) is 4.57 Å². The van der Waals surface area contributed by atoms with Crippen LogP contribution < -0.4 is 34.3 Å². The number of hydrogen-bond donors (Lipinski definition) is 1. The zero-order valence-electron chi connectivity index (χ0n) is 17.2. The molecular formula is C21H21Cl2N2NaO3. The number of benzene rings is 2. The molecule has 1 aliphatic rings. The number of carboxylic acid groups (broad SMARTS) is 1. The van der Waals surface area contributed by atoms with E-state index in [0.29, 0.717) is 49.1 Å². The summed E-state index contributed by atoms with van der Waals surface area (Å²) in [6, 6.07) is 13.3. The molecule has 2 heterocycles. The number of amides is 1. The molecule has 8 heteroatoms. The number of para-hydroxylation sites is 1. The average molecular weight is 443 g/mol. The summed E-state index contributed by atoms with van der Waals surface area (Å²) in [6.07, 6.45) is 0.390. The zero-order valence-corrected chi connectivity index (χ0v) is 19.7. The van der Waals surface area contributed by atoms with E-state index < -0.39 is 6.09 Å². The number of ether oxygens (including phenoxy) is 1. The number of rotatable bonds is 4. The van der Waals surface area contributed by atoms with Crippen LogP contribution in [-0.2, 0) is 19.4 Å². The molecule has 0 aliphatic carbocycles. The molecule has 4 rings (SSSR count). The van der Waals surface area contributed by atoms with E-state index in [0.717, 1.165) is 27.9 Å². The summed E-state index contributed by atoms with van der Waals surface area (Å²) >= 11 is 12.8. The number of nitrogens with zero attached hydrogens (tertiary/aromatic N) is 2. The van der Waals surface area contributed by atoms with Crippen molar-refractivity contribution in [3.05, 3.63) is 63.8 Å². The Morgan fingerprint density at radius 1 is 1.14 bits per heavy atom. The average Bonchev–Trinajstić information content (AvgIpc) is 2.82. The fourth-order valence-corrected chi connectivity index (χ4v) is 4.49. The van der Waals surface area contributed by atoms with Crippen LogP contribution in [0.3, 0.4) is 0 Å². The molecule has 0 saturated heterocycles. The first-order valence-electron chi connectivity index (χ1n) is 9.19. The van der Waals surface area contributed by atoms with Crippen LogP contribution in [0.1, 0.15) is 12.7 Å². The number of halogens is 2. The molecule has 3 aromatic rings. The van der Waals surface area contributed by atoms with Gasteiger partial charge in [0.05, 0.1) is 17.1 Å². The minimum absolute atomic E-state index is 0. The van der Waals surface area contributed by atoms with Gasteiger partial charge >= 0.3 is 35.7 Å². The largest absolute Gasteiger partial charge is 1.00 e. The molecule has 0 bridgehead atoms. The predicted molar refractivity (Wildman–Crippen MR) is 112 cm³/mol. The molecule has 1 aromatic heterocycles. The van der Waals surface area contributed by atoms with Gasteiger partial charge in [-0.3, -0.25) is 0 Å². The Morgan fingerprint density at radius 2 is 1.86 bits per heavy atom. The van der Waals surface area contributed by atoms with Gasteiger partial charge in [0, 0.05) is 35.6 Å². The van der Waals surface area contributed by atoms with E-state index >= 15 is 0 Å². The van der Waals surface area contributed by atoms with E-state index in [9.17, 15) is 9.90 Å². The van der Waals surface area contributed by atoms with Crippen molar-refractivity contribution in [2.24, 2.45) is 0 Å². The van der Waals surface area contributed by atoms with Crippen LogP contribution in [-0.4, -0.2) is 40.4 Å². The number of aromatic nitrogens is 1. The number of carbonyl (C=O) groups is 1. The van der Waals surface area contributed by atoms with Crippen molar-refractivity contribution in [2.45, 2.75) is 19.4 Å². The second-order valence-corrected chi connectivity index (χ2v) is 7.64. The second kappa shape index (κ2) is 9.63. The molecule has 2 aromatic carbocycles. The van der Waals surface area contributed by atoms with E-state index in [1.165, 1.54) is 4.90 Å². The van der Waals surface area contributed by atoms with Gasteiger partial charge in [-0.25, -0.2) is 4.79 Å². The van der Waals surface area contributed by atoms with Crippen LogP contribution in [0.2, 0.25) is 10.0 Å². The van der Waals surface area contributed by atoms with Gasteiger partial charge in [0.25, 0.3) is 0 Å². The molecule has 148 valence electrons. The molecule has 5 nitrogen and oxygen atoms in total. The smallest absolute Gasteiger partial charge is 1.00 e. The van der Waals surface area contributed by atoms with Crippen LogP contribution in [0.5, 0.6) is 5.75 Å². The number of hydrogen-bond acceptors (Lipinski definition) is 2. The van der Waals surface area contributed by atoms with E-state index in [1.54, 1.807) is 6.07 Å². The van der Waals surface area contributed by atoms with Gasteiger partial charge in [0.15, 0.2) is 0 Å². The minimum atomic E-state index is -0.885. The van der Waals surface area contributed by atoms with Gasteiger partial charge < -0.3 is 20.7 Å². The zero-order chi connectivity index (χ0) is 19.7. The molecule has 0 spiro atoms. The SMILES string of the molecule is O=C(O)N1CCc2c(n(CCOc3ccccc3)c3c(Cl)cc(Cl)cc23)CC1.[H-].[Na+]. The Labute approximate surface area is 202 Å². The topological polar surface area (TPSA) is 54.7 Å². The van der Waals surface area contributed by atoms with Crippen LogP contribution in [0.4, 0.5) is 4.79 Å². The summed E-state index contributed by atoms with van der Waals surface area (Å²) in [5.74, 6) is 0.816. The molecule has 0 unspecified atom stereocenters. The number of fused-ring (bicyclic) bond motifs is 3. The summed E-state index contributed by atoms with van der Waals surface area (Å²) in [5.41, 5.74) is 3.18. The fraction of sp³-hybridized carbons (Fsp3) is 0.286. The van der Waals surface area contributed by atoms with Crippen LogP contribution in [0.15, 0.2) is 42.5 Å². The molecule has 1 N–H and O–H groups in total. The van der Waals surface area contributed by atoms with Gasteiger partial charge in [-0.2, -0.15) is 0 Å². The molecule has 0 fully saturated rings. The van der Waals surface area contributed by atoms with Crippen molar-refractivity contribution in [1.29, 1.82) is 0 Å². The minimum Gasteiger partial charge on any atom is -1.00 e. The van der Waals surface area contributed by atoms with Crippen molar-refractivity contribution in [3.8, 4) is 5.75 Å². The summed E-state index contributed by atoms with van der Waals surface area (Å²) < 4.78 is 8.04. The summed E-state index contributed by atoms with van der Waals surface area (Å²) in [4.78, 5) is 12.9. The molecule has 0 radical (unpaired) electrons. The first-order chi connectivity index (χ1) is 13.5. The van der Waals surface area contributed by atoms with Gasteiger partial charge in [-0.1, -0.05) is 41.4 Å². The molecular weight excluding hydrogens is 422 g/mol. The molecule has 1 amide bonds. The van der Waals surface area contributed by atoms with Crippen LogP contribution in [0.25, 0.3) is 10.9 Å². The van der Waals surface area contributed by atoms with E-state index in [4.69, 9.17) is 27.9 Å². The Kier molecular flexibility index (Phi) is 7.41. The molecule has 0 saturated carbocycles. The Hall–Kier alpha value is -1.37. The third-order valence-electron chi connectivity index (χ3n) is 5.14. The van der Waals surface area contributed by atoms with E-state index in [-0.39, 0.29) is 31.0 Å². The molecule has 1 aliphatic heterocycles. The van der Waals surface area contributed by atoms with Crippen molar-refractivity contribution < 1.29 is 45.6 Å².